The quantitative estimate of drug-likeness (QED) is 0.573. The van der Waals surface area contributed by atoms with Crippen molar-refractivity contribution >= 4 is 22.4 Å². The summed E-state index contributed by atoms with van der Waals surface area (Å²) in [6, 6.07) is 7.26. The number of nitrogen functional groups attached to an aromatic ring is 1. The van der Waals surface area contributed by atoms with Crippen LogP contribution < -0.4 is 5.73 Å². The van der Waals surface area contributed by atoms with E-state index in [1.807, 2.05) is 12.1 Å². The normalized spacial score (nSPS) is 10.9. The predicted molar refractivity (Wildman–Crippen MR) is 92.8 cm³/mol. The van der Waals surface area contributed by atoms with Gasteiger partial charge in [0, 0.05) is 42.4 Å². The lowest BCUT2D eigenvalue weighted by Gasteiger charge is -2.12. The van der Waals surface area contributed by atoms with Gasteiger partial charge in [0.25, 0.3) is 0 Å². The minimum atomic E-state index is -0.0802. The maximum atomic E-state index is 11.8. The first kappa shape index (κ1) is 16.0. The maximum Gasteiger partial charge on any atom is 0.161 e. The number of carbonyl (C=O) groups excluding carboxylic acids is 1. The molecule has 2 aromatic heterocycles. The lowest BCUT2D eigenvalue weighted by atomic mass is 10.0. The van der Waals surface area contributed by atoms with E-state index in [-0.39, 0.29) is 5.78 Å². The fourth-order valence-electron chi connectivity index (χ4n) is 2.64. The molecule has 2 heterocycles. The first-order valence-electron chi connectivity index (χ1n) is 7.61. The van der Waals surface area contributed by atoms with Gasteiger partial charge in [0.05, 0.1) is 23.5 Å². The number of methoxy groups -OCH3 is 1. The lowest BCUT2D eigenvalue weighted by Crippen LogP contribution is -2.07. The Labute approximate surface area is 139 Å². The average Bonchev–Trinajstić information content (AvgIpc) is 2.60. The molecule has 6 heteroatoms. The minimum absolute atomic E-state index is 0.0802. The van der Waals surface area contributed by atoms with Gasteiger partial charge in [0.2, 0.25) is 0 Å². The fraction of sp³-hybridized carbons (Fsp3) is 0.222. The van der Waals surface area contributed by atoms with Crippen LogP contribution >= 0.6 is 0 Å². The molecule has 0 aliphatic carbocycles. The van der Waals surface area contributed by atoms with Crippen molar-refractivity contribution in [3.63, 3.8) is 0 Å². The third-order valence-electron chi connectivity index (χ3n) is 3.82. The summed E-state index contributed by atoms with van der Waals surface area (Å²) in [7, 11) is 1.63. The number of benzene rings is 1. The Balaban J connectivity index is 2.25. The molecule has 0 saturated heterocycles. The Morgan fingerprint density at radius 2 is 2.08 bits per heavy atom. The molecule has 0 radical (unpaired) electrons. The second kappa shape index (κ2) is 6.72. The number of ether oxygens (including phenoxy) is 1. The Bertz CT molecular complexity index is 894. The number of rotatable bonds is 5. The van der Waals surface area contributed by atoms with E-state index in [2.05, 4.69) is 15.0 Å². The fourth-order valence-corrected chi connectivity index (χ4v) is 2.64. The second-order valence-corrected chi connectivity index (χ2v) is 5.46. The number of anilines is 1. The number of carbonyl (C=O) groups is 1. The van der Waals surface area contributed by atoms with Gasteiger partial charge in [-0.15, -0.1) is 0 Å². The summed E-state index contributed by atoms with van der Waals surface area (Å²) in [5, 5.41) is 0.715. The zero-order valence-electron chi connectivity index (χ0n) is 13.6. The van der Waals surface area contributed by atoms with E-state index in [1.165, 1.54) is 6.92 Å². The molecule has 0 atom stereocenters. The number of fused-ring (bicyclic) bond motifs is 1. The standard InChI is InChI=1S/C18H18N4O2/c1-11(23)13-5-6-14-16(17(13)19)15(7-9-24-2)22-18(21-14)12-4-3-8-20-10-12/h3-6,8,10H,7,9,19H2,1-2H3. The molecule has 0 amide bonds. The van der Waals surface area contributed by atoms with Crippen LogP contribution in [0.15, 0.2) is 36.7 Å². The van der Waals surface area contributed by atoms with Gasteiger partial charge in [-0.05, 0) is 31.2 Å². The number of nitrogens with zero attached hydrogens (tertiary/aromatic N) is 3. The largest absolute Gasteiger partial charge is 0.398 e. The molecule has 0 unspecified atom stereocenters. The molecular formula is C18H18N4O2. The van der Waals surface area contributed by atoms with Crippen molar-refractivity contribution in [2.75, 3.05) is 19.5 Å². The van der Waals surface area contributed by atoms with Crippen LogP contribution in [0.3, 0.4) is 0 Å². The zero-order valence-corrected chi connectivity index (χ0v) is 13.6. The summed E-state index contributed by atoms with van der Waals surface area (Å²) < 4.78 is 5.18. The molecule has 1 aromatic carbocycles. The minimum Gasteiger partial charge on any atom is -0.398 e. The van der Waals surface area contributed by atoms with Crippen molar-refractivity contribution in [2.45, 2.75) is 13.3 Å². The first-order chi connectivity index (χ1) is 11.6. The van der Waals surface area contributed by atoms with Crippen LogP contribution in [0.25, 0.3) is 22.3 Å². The topological polar surface area (TPSA) is 91.0 Å². The molecule has 0 aliphatic heterocycles. The van der Waals surface area contributed by atoms with E-state index >= 15 is 0 Å². The number of hydrogen-bond donors (Lipinski definition) is 1. The Morgan fingerprint density at radius 3 is 2.75 bits per heavy atom. The summed E-state index contributed by atoms with van der Waals surface area (Å²) in [6.45, 7) is 2.00. The second-order valence-electron chi connectivity index (χ2n) is 5.46. The predicted octanol–water partition coefficient (Wildman–Crippen LogP) is 2.67. The molecule has 0 saturated carbocycles. The molecule has 3 rings (SSSR count). The van der Waals surface area contributed by atoms with Crippen molar-refractivity contribution < 1.29 is 9.53 Å². The van der Waals surface area contributed by atoms with Crippen LogP contribution in [0.4, 0.5) is 5.69 Å². The van der Waals surface area contributed by atoms with Gasteiger partial charge in [-0.1, -0.05) is 0 Å². The maximum absolute atomic E-state index is 11.8. The third-order valence-corrected chi connectivity index (χ3v) is 3.82. The zero-order chi connectivity index (χ0) is 17.1. The van der Waals surface area contributed by atoms with Gasteiger partial charge in [0.15, 0.2) is 11.6 Å². The molecule has 0 bridgehead atoms. The Hall–Kier alpha value is -2.86. The van der Waals surface area contributed by atoms with Crippen LogP contribution in [0, 0.1) is 0 Å². The number of nitrogens with two attached hydrogens (primary N) is 1. The van der Waals surface area contributed by atoms with E-state index in [4.69, 9.17) is 10.5 Å². The van der Waals surface area contributed by atoms with E-state index in [9.17, 15) is 4.79 Å². The van der Waals surface area contributed by atoms with Gasteiger partial charge >= 0.3 is 0 Å². The number of ketones is 1. The van der Waals surface area contributed by atoms with Crippen LogP contribution in [0.1, 0.15) is 23.0 Å². The first-order valence-corrected chi connectivity index (χ1v) is 7.61. The monoisotopic (exact) mass is 322 g/mol. The van der Waals surface area contributed by atoms with Gasteiger partial charge in [-0.3, -0.25) is 9.78 Å². The van der Waals surface area contributed by atoms with Gasteiger partial charge < -0.3 is 10.5 Å². The van der Waals surface area contributed by atoms with E-state index < -0.39 is 0 Å². The number of hydrogen-bond acceptors (Lipinski definition) is 6. The molecule has 6 nitrogen and oxygen atoms in total. The van der Waals surface area contributed by atoms with Crippen LogP contribution in [0.2, 0.25) is 0 Å². The average molecular weight is 322 g/mol. The van der Waals surface area contributed by atoms with E-state index in [1.54, 1.807) is 31.6 Å². The molecular weight excluding hydrogens is 304 g/mol. The van der Waals surface area contributed by atoms with E-state index in [0.717, 1.165) is 11.3 Å². The summed E-state index contributed by atoms with van der Waals surface area (Å²) in [4.78, 5) is 25.1. The molecule has 0 fully saturated rings. The van der Waals surface area contributed by atoms with Gasteiger partial charge in [-0.2, -0.15) is 0 Å². The van der Waals surface area contributed by atoms with Crippen LogP contribution in [-0.2, 0) is 11.2 Å². The molecule has 122 valence electrons. The van der Waals surface area contributed by atoms with Crippen LogP contribution in [-0.4, -0.2) is 34.5 Å². The van der Waals surface area contributed by atoms with Crippen molar-refractivity contribution in [2.24, 2.45) is 0 Å². The summed E-state index contributed by atoms with van der Waals surface area (Å²) >= 11 is 0. The highest BCUT2D eigenvalue weighted by atomic mass is 16.5. The Kier molecular flexibility index (Phi) is 4.48. The molecule has 2 N–H and O–H groups in total. The molecule has 24 heavy (non-hydrogen) atoms. The highest BCUT2D eigenvalue weighted by Gasteiger charge is 2.16. The summed E-state index contributed by atoms with van der Waals surface area (Å²) in [5.41, 5.74) is 9.43. The highest BCUT2D eigenvalue weighted by Crippen LogP contribution is 2.29. The third kappa shape index (κ3) is 2.96. The Morgan fingerprint density at radius 1 is 1.25 bits per heavy atom. The SMILES string of the molecule is COCCc1nc(-c2cccnc2)nc2ccc(C(C)=O)c(N)c12. The molecule has 3 aromatic rings. The number of aromatic nitrogens is 3. The lowest BCUT2D eigenvalue weighted by molar-refractivity contribution is 0.101. The summed E-state index contributed by atoms with van der Waals surface area (Å²) in [6.07, 6.45) is 4.00. The highest BCUT2D eigenvalue weighted by molar-refractivity contribution is 6.07. The molecule has 0 aliphatic rings. The number of Topliss-reactive ketones (excluding diaryl/α,β-unsaturated/α-hetero) is 1. The smallest absolute Gasteiger partial charge is 0.161 e. The van der Waals surface area contributed by atoms with Crippen molar-refractivity contribution in [3.8, 4) is 11.4 Å². The summed E-state index contributed by atoms with van der Waals surface area (Å²) in [5.74, 6) is 0.500. The molecule has 0 spiro atoms. The van der Waals surface area contributed by atoms with Crippen molar-refractivity contribution in [1.82, 2.24) is 15.0 Å². The number of pyridine rings is 1. The van der Waals surface area contributed by atoms with Crippen molar-refractivity contribution in [3.05, 3.63) is 47.9 Å². The van der Waals surface area contributed by atoms with Gasteiger partial charge in [0.1, 0.15) is 0 Å². The van der Waals surface area contributed by atoms with Crippen LogP contribution in [0.5, 0.6) is 0 Å². The van der Waals surface area contributed by atoms with Crippen molar-refractivity contribution in [1.29, 1.82) is 0 Å². The van der Waals surface area contributed by atoms with E-state index in [0.29, 0.717) is 41.0 Å². The van der Waals surface area contributed by atoms with Gasteiger partial charge in [-0.25, -0.2) is 9.97 Å².